The van der Waals surface area contributed by atoms with Crippen LogP contribution in [0.15, 0.2) is 29.2 Å². The van der Waals surface area contributed by atoms with E-state index < -0.39 is 21.8 Å². The summed E-state index contributed by atoms with van der Waals surface area (Å²) in [6.07, 6.45) is 0. The summed E-state index contributed by atoms with van der Waals surface area (Å²) in [7, 11) is -2.00. The van der Waals surface area contributed by atoms with Crippen LogP contribution in [0.25, 0.3) is 10.8 Å². The molecule has 1 fully saturated rings. The lowest BCUT2D eigenvalue weighted by molar-refractivity contribution is 0.0730. The Labute approximate surface area is 191 Å². The zero-order valence-corrected chi connectivity index (χ0v) is 19.7. The molecule has 0 atom stereocenters. The summed E-state index contributed by atoms with van der Waals surface area (Å²) in [5, 5.41) is 5.50. The number of morpholine rings is 1. The summed E-state index contributed by atoms with van der Waals surface area (Å²) >= 11 is 0. The lowest BCUT2D eigenvalue weighted by atomic mass is 9.96. The van der Waals surface area contributed by atoms with Crippen LogP contribution in [0.2, 0.25) is 0 Å². The molecule has 172 valence electrons. The van der Waals surface area contributed by atoms with Gasteiger partial charge in [-0.1, -0.05) is 12.1 Å². The van der Waals surface area contributed by atoms with E-state index in [-0.39, 0.29) is 23.5 Å². The summed E-state index contributed by atoms with van der Waals surface area (Å²) in [4.78, 5) is 28.3. The van der Waals surface area contributed by atoms with E-state index in [2.05, 4.69) is 5.10 Å². The normalized spacial score (nSPS) is 17.3. The van der Waals surface area contributed by atoms with Crippen molar-refractivity contribution in [2.45, 2.75) is 25.7 Å². The molecule has 3 heterocycles. The number of carbonyl (C=O) groups is 2. The first kappa shape index (κ1) is 21.7. The van der Waals surface area contributed by atoms with Crippen molar-refractivity contribution in [1.82, 2.24) is 14.1 Å². The van der Waals surface area contributed by atoms with Crippen LogP contribution in [-0.4, -0.2) is 60.6 Å². The number of aromatic nitrogens is 2. The number of hydrogen-bond acceptors (Lipinski definition) is 6. The minimum absolute atomic E-state index is 0.0930. The van der Waals surface area contributed by atoms with Crippen molar-refractivity contribution in [1.29, 1.82) is 0 Å². The van der Waals surface area contributed by atoms with Gasteiger partial charge in [0.2, 0.25) is 10.0 Å². The number of anilines is 1. The van der Waals surface area contributed by atoms with E-state index in [0.29, 0.717) is 52.2 Å². The Balaban J connectivity index is 1.70. The molecule has 0 aliphatic carbocycles. The molecule has 33 heavy (non-hydrogen) atoms. The molecule has 3 aromatic rings. The zero-order valence-electron chi connectivity index (χ0n) is 18.9. The molecule has 2 aliphatic heterocycles. The van der Waals surface area contributed by atoms with E-state index >= 15 is 0 Å². The van der Waals surface area contributed by atoms with Gasteiger partial charge >= 0.3 is 0 Å². The van der Waals surface area contributed by atoms with Gasteiger partial charge in [0, 0.05) is 20.1 Å². The highest BCUT2D eigenvalue weighted by molar-refractivity contribution is 7.89. The second kappa shape index (κ2) is 7.47. The number of rotatable bonds is 3. The third-order valence-corrected chi connectivity index (χ3v) is 8.34. The predicted octanol–water partition coefficient (Wildman–Crippen LogP) is 2.32. The summed E-state index contributed by atoms with van der Waals surface area (Å²) < 4.78 is 34.7. The Morgan fingerprint density at radius 2 is 1.64 bits per heavy atom. The monoisotopic (exact) mass is 468 g/mol. The molecular formula is C23H24N4O5S. The molecular weight excluding hydrogens is 444 g/mol. The Kier molecular flexibility index (Phi) is 4.93. The maximum absolute atomic E-state index is 13.6. The van der Waals surface area contributed by atoms with Gasteiger partial charge in [-0.15, -0.1) is 0 Å². The fourth-order valence-corrected chi connectivity index (χ4v) is 6.15. The highest BCUT2D eigenvalue weighted by Gasteiger charge is 2.42. The van der Waals surface area contributed by atoms with E-state index in [4.69, 9.17) is 4.74 Å². The molecule has 2 aliphatic rings. The van der Waals surface area contributed by atoms with E-state index in [1.165, 1.54) is 10.4 Å². The minimum atomic E-state index is -3.76. The highest BCUT2D eigenvalue weighted by atomic mass is 32.2. The third kappa shape index (κ3) is 3.12. The molecule has 0 spiro atoms. The first-order valence-corrected chi connectivity index (χ1v) is 12.1. The van der Waals surface area contributed by atoms with Crippen LogP contribution in [0.4, 0.5) is 5.69 Å². The number of ether oxygens (including phenoxy) is 1. The fourth-order valence-electron chi connectivity index (χ4n) is 4.71. The second-order valence-electron chi connectivity index (χ2n) is 8.43. The Hall–Kier alpha value is -3.08. The lowest BCUT2D eigenvalue weighted by Crippen LogP contribution is -2.40. The van der Waals surface area contributed by atoms with Crippen molar-refractivity contribution in [3.8, 4) is 0 Å². The Morgan fingerprint density at radius 1 is 0.970 bits per heavy atom. The maximum Gasteiger partial charge on any atom is 0.266 e. The molecule has 5 rings (SSSR count). The molecule has 0 N–H and O–H groups in total. The molecule has 2 aromatic carbocycles. The number of aryl methyl sites for hydroxylation is 3. The summed E-state index contributed by atoms with van der Waals surface area (Å²) in [5.74, 6) is -0.890. The van der Waals surface area contributed by atoms with E-state index in [9.17, 15) is 18.0 Å². The first-order valence-electron chi connectivity index (χ1n) is 10.7. The summed E-state index contributed by atoms with van der Waals surface area (Å²) in [6, 6.07) is 6.57. The van der Waals surface area contributed by atoms with Crippen molar-refractivity contribution in [3.63, 3.8) is 0 Å². The molecule has 0 saturated carbocycles. The number of fused-ring (bicyclic) bond motifs is 3. The molecule has 2 amide bonds. The van der Waals surface area contributed by atoms with Crippen LogP contribution in [0, 0.1) is 20.8 Å². The van der Waals surface area contributed by atoms with Crippen LogP contribution in [0.3, 0.4) is 0 Å². The van der Waals surface area contributed by atoms with Crippen molar-refractivity contribution in [3.05, 3.63) is 52.3 Å². The second-order valence-corrected chi connectivity index (χ2v) is 10.4. The van der Waals surface area contributed by atoms with Crippen LogP contribution < -0.4 is 4.90 Å². The van der Waals surface area contributed by atoms with Gasteiger partial charge in [0.05, 0.1) is 46.3 Å². The number of carbonyl (C=O) groups excluding carboxylic acids is 2. The van der Waals surface area contributed by atoms with Gasteiger partial charge in [0.1, 0.15) is 0 Å². The van der Waals surface area contributed by atoms with Gasteiger partial charge in [0.25, 0.3) is 11.8 Å². The number of imide groups is 1. The fraction of sp³-hybridized carbons (Fsp3) is 0.348. The first-order chi connectivity index (χ1) is 15.6. The third-order valence-electron chi connectivity index (χ3n) is 6.45. The van der Waals surface area contributed by atoms with Gasteiger partial charge in [0.15, 0.2) is 0 Å². The maximum atomic E-state index is 13.6. The molecule has 0 radical (unpaired) electrons. The molecule has 10 heteroatoms. The van der Waals surface area contributed by atoms with Crippen LogP contribution in [-0.2, 0) is 21.8 Å². The number of hydrogen-bond donors (Lipinski definition) is 0. The van der Waals surface area contributed by atoms with Crippen molar-refractivity contribution < 1.29 is 22.7 Å². The lowest BCUT2D eigenvalue weighted by Gasteiger charge is -2.26. The topological polar surface area (TPSA) is 102 Å². The predicted molar refractivity (Wildman–Crippen MR) is 122 cm³/mol. The molecule has 1 saturated heterocycles. The number of nitrogens with zero attached hydrogens (tertiary/aromatic N) is 4. The highest BCUT2D eigenvalue weighted by Crippen LogP contribution is 2.38. The molecule has 0 bridgehead atoms. The van der Waals surface area contributed by atoms with Gasteiger partial charge in [-0.2, -0.15) is 9.40 Å². The molecule has 9 nitrogen and oxygen atoms in total. The van der Waals surface area contributed by atoms with E-state index in [1.54, 1.807) is 44.6 Å². The standard InChI is InChI=1S/C23H24N4O5S/c1-13-11-16-5-6-17(33(30,31)26-7-9-32-10-8-26)12-18(16)20-19(13)22(28)27(23(20)29)21-14(2)24-25(4)15(21)3/h5-6,11-12H,7-10H2,1-4H3. The summed E-state index contributed by atoms with van der Waals surface area (Å²) in [6.45, 7) is 6.57. The smallest absolute Gasteiger partial charge is 0.266 e. The number of amides is 2. The van der Waals surface area contributed by atoms with Crippen molar-refractivity contribution in [2.75, 3.05) is 31.2 Å². The largest absolute Gasteiger partial charge is 0.379 e. The van der Waals surface area contributed by atoms with Crippen LogP contribution >= 0.6 is 0 Å². The van der Waals surface area contributed by atoms with E-state index in [1.807, 2.05) is 6.07 Å². The van der Waals surface area contributed by atoms with Gasteiger partial charge in [-0.05, 0) is 49.2 Å². The van der Waals surface area contributed by atoms with Gasteiger partial charge < -0.3 is 4.74 Å². The average Bonchev–Trinajstić information content (AvgIpc) is 3.19. The SMILES string of the molecule is Cc1cc2ccc(S(=O)(=O)N3CCOCC3)cc2c2c1C(=O)N(c1c(C)nn(C)c1C)C2=O. The van der Waals surface area contributed by atoms with Gasteiger partial charge in [-0.25, -0.2) is 13.3 Å². The minimum Gasteiger partial charge on any atom is -0.379 e. The molecule has 1 aromatic heterocycles. The van der Waals surface area contributed by atoms with Crippen molar-refractivity contribution in [2.24, 2.45) is 7.05 Å². The van der Waals surface area contributed by atoms with Crippen LogP contribution in [0.5, 0.6) is 0 Å². The van der Waals surface area contributed by atoms with Gasteiger partial charge in [-0.3, -0.25) is 14.3 Å². The number of benzene rings is 2. The quantitative estimate of drug-likeness (QED) is 0.547. The zero-order chi connectivity index (χ0) is 23.7. The Morgan fingerprint density at radius 3 is 2.27 bits per heavy atom. The molecule has 0 unspecified atom stereocenters. The van der Waals surface area contributed by atoms with Crippen molar-refractivity contribution >= 4 is 38.3 Å². The van der Waals surface area contributed by atoms with Crippen LogP contribution in [0.1, 0.15) is 37.7 Å². The summed E-state index contributed by atoms with van der Waals surface area (Å²) in [5.41, 5.74) is 2.93. The average molecular weight is 469 g/mol. The number of sulfonamides is 1. The van der Waals surface area contributed by atoms with E-state index in [0.717, 1.165) is 4.90 Å². The Bertz CT molecular complexity index is 1450.